The van der Waals surface area contributed by atoms with Gasteiger partial charge in [-0.1, -0.05) is 18.2 Å². The smallest absolute Gasteiger partial charge is 0.124 e. The number of benzene rings is 1. The number of aromatic nitrogens is 2. The van der Waals surface area contributed by atoms with Crippen LogP contribution < -0.4 is 0 Å². The molecule has 0 bridgehead atoms. The van der Waals surface area contributed by atoms with Gasteiger partial charge in [0.15, 0.2) is 0 Å². The second kappa shape index (κ2) is 4.67. The van der Waals surface area contributed by atoms with Crippen LogP contribution in [0.3, 0.4) is 0 Å². The van der Waals surface area contributed by atoms with Crippen molar-refractivity contribution in [1.29, 1.82) is 0 Å². The summed E-state index contributed by atoms with van der Waals surface area (Å²) in [6, 6.07) is 7.68. The van der Waals surface area contributed by atoms with Crippen molar-refractivity contribution in [3.8, 4) is 0 Å². The van der Waals surface area contributed by atoms with Gasteiger partial charge in [-0.3, -0.25) is 9.97 Å². The van der Waals surface area contributed by atoms with Crippen LogP contribution in [0.5, 0.6) is 0 Å². The van der Waals surface area contributed by atoms with Gasteiger partial charge in [-0.15, -0.1) is 0 Å². The van der Waals surface area contributed by atoms with Gasteiger partial charge in [-0.05, 0) is 34.2 Å². The van der Waals surface area contributed by atoms with Crippen molar-refractivity contribution in [3.05, 3.63) is 57.7 Å². The molecule has 15 heavy (non-hydrogen) atoms. The molecule has 0 fully saturated rings. The molecular weight excluding hydrogens is 303 g/mol. The maximum absolute atomic E-state index is 10.1. The summed E-state index contributed by atoms with van der Waals surface area (Å²) in [6.45, 7) is 0. The van der Waals surface area contributed by atoms with Crippen LogP contribution in [0.15, 0.2) is 42.9 Å². The lowest BCUT2D eigenvalue weighted by atomic mass is 10.1. The molecule has 0 aliphatic rings. The molecule has 76 valence electrons. The van der Waals surface area contributed by atoms with Crippen molar-refractivity contribution >= 4 is 22.6 Å². The summed E-state index contributed by atoms with van der Waals surface area (Å²) >= 11 is 2.19. The van der Waals surface area contributed by atoms with E-state index in [1.807, 2.05) is 24.3 Å². The van der Waals surface area contributed by atoms with Gasteiger partial charge in [0.25, 0.3) is 0 Å². The van der Waals surface area contributed by atoms with E-state index in [1.54, 1.807) is 18.6 Å². The van der Waals surface area contributed by atoms with E-state index in [2.05, 4.69) is 32.6 Å². The molecular formula is C11H9IN2O. The van der Waals surface area contributed by atoms with Crippen LogP contribution in [0, 0.1) is 3.57 Å². The second-order valence-electron chi connectivity index (χ2n) is 3.05. The van der Waals surface area contributed by atoms with Gasteiger partial charge in [-0.25, -0.2) is 0 Å². The van der Waals surface area contributed by atoms with Crippen molar-refractivity contribution < 1.29 is 5.11 Å². The number of aliphatic hydroxyl groups is 1. The van der Waals surface area contributed by atoms with Gasteiger partial charge in [0, 0.05) is 16.0 Å². The van der Waals surface area contributed by atoms with Gasteiger partial charge in [0.05, 0.1) is 11.9 Å². The third-order valence-corrected chi connectivity index (χ3v) is 3.05. The van der Waals surface area contributed by atoms with E-state index >= 15 is 0 Å². The van der Waals surface area contributed by atoms with E-state index in [0.29, 0.717) is 5.69 Å². The first-order chi connectivity index (χ1) is 7.29. The summed E-state index contributed by atoms with van der Waals surface area (Å²) in [5, 5.41) is 10.1. The van der Waals surface area contributed by atoms with E-state index in [-0.39, 0.29) is 0 Å². The lowest BCUT2D eigenvalue weighted by Crippen LogP contribution is -2.04. The molecule has 0 saturated heterocycles. The van der Waals surface area contributed by atoms with Gasteiger partial charge in [0.2, 0.25) is 0 Å². The van der Waals surface area contributed by atoms with Crippen molar-refractivity contribution in [2.75, 3.05) is 0 Å². The van der Waals surface area contributed by atoms with Crippen molar-refractivity contribution in [2.45, 2.75) is 6.10 Å². The van der Waals surface area contributed by atoms with E-state index < -0.39 is 6.10 Å². The van der Waals surface area contributed by atoms with Crippen LogP contribution in [0.25, 0.3) is 0 Å². The van der Waals surface area contributed by atoms with E-state index in [0.717, 1.165) is 9.13 Å². The quantitative estimate of drug-likeness (QED) is 0.865. The molecule has 0 radical (unpaired) electrons. The Morgan fingerprint density at radius 3 is 2.67 bits per heavy atom. The molecule has 0 aliphatic carbocycles. The molecule has 1 N–H and O–H groups in total. The second-order valence-corrected chi connectivity index (χ2v) is 4.22. The third kappa shape index (κ3) is 2.32. The Labute approximate surface area is 101 Å². The Kier molecular flexibility index (Phi) is 3.27. The molecule has 1 heterocycles. The standard InChI is InChI=1S/C11H9IN2O/c12-9-4-2-1-3-8(9)11(15)10-7-13-5-6-14-10/h1-7,11,15H. The first-order valence-electron chi connectivity index (χ1n) is 4.47. The zero-order chi connectivity index (χ0) is 10.7. The largest absolute Gasteiger partial charge is 0.382 e. The maximum atomic E-state index is 10.1. The van der Waals surface area contributed by atoms with Crippen LogP contribution in [0.1, 0.15) is 17.4 Å². The van der Waals surface area contributed by atoms with E-state index in [1.165, 1.54) is 0 Å². The fourth-order valence-electron chi connectivity index (χ4n) is 1.31. The molecule has 0 saturated carbocycles. The summed E-state index contributed by atoms with van der Waals surface area (Å²) in [5.41, 5.74) is 1.43. The highest BCUT2D eigenvalue weighted by molar-refractivity contribution is 14.1. The van der Waals surface area contributed by atoms with E-state index in [4.69, 9.17) is 0 Å². The zero-order valence-corrected chi connectivity index (χ0v) is 10.00. The van der Waals surface area contributed by atoms with Gasteiger partial charge < -0.3 is 5.11 Å². The van der Waals surface area contributed by atoms with Gasteiger partial charge >= 0.3 is 0 Å². The predicted octanol–water partition coefficient (Wildman–Crippen LogP) is 2.16. The molecule has 1 aromatic carbocycles. The minimum atomic E-state index is -0.702. The fraction of sp³-hybridized carbons (Fsp3) is 0.0909. The lowest BCUT2D eigenvalue weighted by molar-refractivity contribution is 0.214. The molecule has 3 nitrogen and oxygen atoms in total. The lowest BCUT2D eigenvalue weighted by Gasteiger charge is -2.11. The summed E-state index contributed by atoms with van der Waals surface area (Å²) < 4.78 is 1.02. The molecule has 0 aliphatic heterocycles. The summed E-state index contributed by atoms with van der Waals surface area (Å²) in [7, 11) is 0. The number of nitrogens with zero attached hydrogens (tertiary/aromatic N) is 2. The summed E-state index contributed by atoms with van der Waals surface area (Å²) in [4.78, 5) is 8.02. The van der Waals surface area contributed by atoms with E-state index in [9.17, 15) is 5.11 Å². The molecule has 2 aromatic rings. The molecule has 1 unspecified atom stereocenters. The molecule has 2 rings (SSSR count). The minimum Gasteiger partial charge on any atom is -0.382 e. The number of rotatable bonds is 2. The number of halogens is 1. The first kappa shape index (κ1) is 10.5. The molecule has 4 heteroatoms. The van der Waals surface area contributed by atoms with Crippen molar-refractivity contribution in [2.24, 2.45) is 0 Å². The molecule has 1 atom stereocenters. The molecule has 0 amide bonds. The predicted molar refractivity (Wildman–Crippen MR) is 65.3 cm³/mol. The van der Waals surface area contributed by atoms with Crippen LogP contribution in [0.2, 0.25) is 0 Å². The highest BCUT2D eigenvalue weighted by Crippen LogP contribution is 2.23. The zero-order valence-electron chi connectivity index (χ0n) is 7.84. The highest BCUT2D eigenvalue weighted by Gasteiger charge is 2.13. The first-order valence-corrected chi connectivity index (χ1v) is 5.55. The SMILES string of the molecule is OC(c1cnccn1)c1ccccc1I. The summed E-state index contributed by atoms with van der Waals surface area (Å²) in [5.74, 6) is 0. The number of aliphatic hydroxyl groups excluding tert-OH is 1. The third-order valence-electron chi connectivity index (χ3n) is 2.06. The van der Waals surface area contributed by atoms with Crippen LogP contribution in [-0.4, -0.2) is 15.1 Å². The van der Waals surface area contributed by atoms with Gasteiger partial charge in [0.1, 0.15) is 6.10 Å². The molecule has 0 spiro atoms. The number of hydrogen-bond acceptors (Lipinski definition) is 3. The Balaban J connectivity index is 2.37. The van der Waals surface area contributed by atoms with Gasteiger partial charge in [-0.2, -0.15) is 0 Å². The Morgan fingerprint density at radius 2 is 2.00 bits per heavy atom. The maximum Gasteiger partial charge on any atom is 0.124 e. The normalized spacial score (nSPS) is 12.4. The molecule has 1 aromatic heterocycles. The Hall–Kier alpha value is -1.01. The van der Waals surface area contributed by atoms with Crippen molar-refractivity contribution in [3.63, 3.8) is 0 Å². The number of hydrogen-bond donors (Lipinski definition) is 1. The fourth-order valence-corrected chi connectivity index (χ4v) is 1.99. The van der Waals surface area contributed by atoms with Crippen LogP contribution in [0.4, 0.5) is 0 Å². The average molecular weight is 312 g/mol. The Bertz CT molecular complexity index is 447. The highest BCUT2D eigenvalue weighted by atomic mass is 127. The minimum absolute atomic E-state index is 0.571. The van der Waals surface area contributed by atoms with Crippen LogP contribution in [-0.2, 0) is 0 Å². The summed E-state index contributed by atoms with van der Waals surface area (Å²) in [6.07, 6.45) is 4.04. The topological polar surface area (TPSA) is 46.0 Å². The monoisotopic (exact) mass is 312 g/mol. The van der Waals surface area contributed by atoms with Crippen molar-refractivity contribution in [1.82, 2.24) is 9.97 Å². The Morgan fingerprint density at radius 1 is 1.20 bits per heavy atom. The van der Waals surface area contributed by atoms with Crippen LogP contribution >= 0.6 is 22.6 Å². The average Bonchev–Trinajstić information content (AvgIpc) is 2.30.